The molecule has 1 saturated heterocycles. The molecule has 2 heterocycles. The van der Waals surface area contributed by atoms with Gasteiger partial charge in [-0.2, -0.15) is 0 Å². The van der Waals surface area contributed by atoms with Crippen LogP contribution >= 0.6 is 0 Å². The van der Waals surface area contributed by atoms with Crippen molar-refractivity contribution < 1.29 is 9.53 Å². The first-order valence-corrected chi connectivity index (χ1v) is 10.2. The molecule has 3 aromatic rings. The van der Waals surface area contributed by atoms with Crippen molar-refractivity contribution in [2.45, 2.75) is 52.5 Å². The minimum absolute atomic E-state index is 0.0277. The third-order valence-corrected chi connectivity index (χ3v) is 5.73. The summed E-state index contributed by atoms with van der Waals surface area (Å²) in [5, 5.41) is 5.52. The minimum atomic E-state index is -0.193. The Bertz CT molecular complexity index is 1000. The van der Waals surface area contributed by atoms with Crippen LogP contribution in [0, 0.1) is 0 Å². The van der Waals surface area contributed by atoms with Crippen molar-refractivity contribution in [1.82, 2.24) is 9.47 Å². The van der Waals surface area contributed by atoms with Crippen molar-refractivity contribution in [2.75, 3.05) is 18.4 Å². The van der Waals surface area contributed by atoms with Gasteiger partial charge in [-0.15, -0.1) is 0 Å². The van der Waals surface area contributed by atoms with Crippen LogP contribution in [0.1, 0.15) is 27.7 Å². The van der Waals surface area contributed by atoms with Crippen LogP contribution in [0.4, 0.5) is 5.69 Å². The Labute approximate surface area is 166 Å². The van der Waals surface area contributed by atoms with Gasteiger partial charge in [-0.25, -0.2) is 0 Å². The first kappa shape index (κ1) is 19.0. The van der Waals surface area contributed by atoms with Crippen LogP contribution in [0.15, 0.2) is 42.5 Å². The summed E-state index contributed by atoms with van der Waals surface area (Å²) in [6, 6.07) is 14.5. The molecule has 1 aliphatic heterocycles. The van der Waals surface area contributed by atoms with Crippen molar-refractivity contribution in [1.29, 1.82) is 0 Å². The van der Waals surface area contributed by atoms with Gasteiger partial charge in [0.25, 0.3) is 0 Å². The zero-order chi connectivity index (χ0) is 19.8. The first-order valence-electron chi connectivity index (χ1n) is 10.2. The molecule has 0 radical (unpaired) electrons. The molecule has 0 saturated carbocycles. The van der Waals surface area contributed by atoms with E-state index in [0.717, 1.165) is 25.3 Å². The van der Waals surface area contributed by atoms with E-state index < -0.39 is 0 Å². The molecule has 5 heteroatoms. The minimum Gasteiger partial charge on any atom is -0.373 e. The predicted molar refractivity (Wildman–Crippen MR) is 115 cm³/mol. The van der Waals surface area contributed by atoms with Crippen LogP contribution in [0.5, 0.6) is 0 Å². The topological polar surface area (TPSA) is 46.5 Å². The molecule has 1 aliphatic rings. The van der Waals surface area contributed by atoms with Gasteiger partial charge >= 0.3 is 0 Å². The predicted octanol–water partition coefficient (Wildman–Crippen LogP) is 4.25. The summed E-state index contributed by atoms with van der Waals surface area (Å²) in [6.45, 7) is 10.7. The van der Waals surface area contributed by atoms with Gasteiger partial charge in [0.05, 0.1) is 18.2 Å². The number of nitrogens with one attached hydrogen (secondary N) is 1. The van der Waals surface area contributed by atoms with Gasteiger partial charge in [-0.1, -0.05) is 18.2 Å². The highest BCUT2D eigenvalue weighted by Gasteiger charge is 2.29. The molecule has 148 valence electrons. The molecule has 0 spiro atoms. The maximum atomic E-state index is 12.9. The maximum Gasteiger partial charge on any atom is 0.241 e. The summed E-state index contributed by atoms with van der Waals surface area (Å²) in [6.07, 6.45) is 0.297. The van der Waals surface area contributed by atoms with Gasteiger partial charge in [0.1, 0.15) is 0 Å². The monoisotopic (exact) mass is 379 g/mol. The van der Waals surface area contributed by atoms with Gasteiger partial charge in [-0.05, 0) is 52.0 Å². The van der Waals surface area contributed by atoms with E-state index in [1.54, 1.807) is 0 Å². The van der Waals surface area contributed by atoms with Crippen LogP contribution in [0.25, 0.3) is 21.8 Å². The second kappa shape index (κ2) is 7.57. The van der Waals surface area contributed by atoms with Crippen LogP contribution in [-0.4, -0.2) is 46.7 Å². The third-order valence-electron chi connectivity index (χ3n) is 5.73. The summed E-state index contributed by atoms with van der Waals surface area (Å²) < 4.78 is 8.11. The average molecular weight is 380 g/mol. The first-order chi connectivity index (χ1) is 13.5. The number of carbonyl (C=O) groups is 1. The zero-order valence-corrected chi connectivity index (χ0v) is 17.1. The fraction of sp³-hybridized carbons (Fsp3) is 0.435. The molecule has 1 N–H and O–H groups in total. The van der Waals surface area contributed by atoms with Gasteiger partial charge < -0.3 is 14.6 Å². The number of fused-ring (bicyclic) bond motifs is 3. The van der Waals surface area contributed by atoms with Gasteiger partial charge in [-0.3, -0.25) is 9.69 Å². The van der Waals surface area contributed by atoms with Crippen LogP contribution in [-0.2, 0) is 16.1 Å². The number of hydrogen-bond acceptors (Lipinski definition) is 3. The molecule has 5 nitrogen and oxygen atoms in total. The van der Waals surface area contributed by atoms with E-state index in [2.05, 4.69) is 72.0 Å². The SMILES string of the molecule is CCn1c2ccccc2c2cc(NC(=O)[C@@H](C)N3C[C@@H](C)O[C@@H](C)C3)ccc21. The lowest BCUT2D eigenvalue weighted by Gasteiger charge is -2.38. The maximum absolute atomic E-state index is 12.9. The molecule has 0 aliphatic carbocycles. The Morgan fingerprint density at radius 3 is 2.50 bits per heavy atom. The number of hydrogen-bond donors (Lipinski definition) is 1. The number of ether oxygens (including phenoxy) is 1. The molecule has 1 amide bonds. The molecule has 0 unspecified atom stereocenters. The van der Waals surface area contributed by atoms with Crippen molar-refractivity contribution in [3.05, 3.63) is 42.5 Å². The molecule has 28 heavy (non-hydrogen) atoms. The number of aromatic nitrogens is 1. The van der Waals surface area contributed by atoms with E-state index >= 15 is 0 Å². The summed E-state index contributed by atoms with van der Waals surface area (Å²) >= 11 is 0. The fourth-order valence-electron chi connectivity index (χ4n) is 4.42. The number of aryl methyl sites for hydroxylation is 1. The molecule has 2 aromatic carbocycles. The number of amides is 1. The molecular weight excluding hydrogens is 350 g/mol. The number of morpholine rings is 1. The highest BCUT2D eigenvalue weighted by atomic mass is 16.5. The average Bonchev–Trinajstić information content (AvgIpc) is 2.99. The second-order valence-electron chi connectivity index (χ2n) is 7.87. The normalized spacial score (nSPS) is 21.9. The summed E-state index contributed by atoms with van der Waals surface area (Å²) in [5.41, 5.74) is 3.27. The Kier molecular flexibility index (Phi) is 5.13. The number of nitrogens with zero attached hydrogens (tertiary/aromatic N) is 2. The highest BCUT2D eigenvalue weighted by Crippen LogP contribution is 2.31. The number of rotatable bonds is 4. The summed E-state index contributed by atoms with van der Waals surface area (Å²) in [4.78, 5) is 15.1. The molecule has 0 bridgehead atoms. The standard InChI is InChI=1S/C23H29N3O2/c1-5-26-21-9-7-6-8-19(21)20-12-18(10-11-22(20)26)24-23(27)17(4)25-13-15(2)28-16(3)14-25/h6-12,15-17H,5,13-14H2,1-4H3,(H,24,27)/t15-,16+,17-/m1/s1. The number of para-hydroxylation sites is 1. The van der Waals surface area contributed by atoms with Gasteiger partial charge in [0, 0.05) is 47.1 Å². The van der Waals surface area contributed by atoms with Crippen molar-refractivity contribution in [2.24, 2.45) is 0 Å². The summed E-state index contributed by atoms with van der Waals surface area (Å²) in [5.74, 6) is 0.0277. The van der Waals surface area contributed by atoms with E-state index in [1.165, 1.54) is 21.8 Å². The number of carbonyl (C=O) groups excluding carboxylic acids is 1. The van der Waals surface area contributed by atoms with Crippen molar-refractivity contribution in [3.8, 4) is 0 Å². The van der Waals surface area contributed by atoms with E-state index in [1.807, 2.05) is 13.0 Å². The van der Waals surface area contributed by atoms with Crippen LogP contribution in [0.2, 0.25) is 0 Å². The van der Waals surface area contributed by atoms with Gasteiger partial charge in [0.15, 0.2) is 0 Å². The van der Waals surface area contributed by atoms with Crippen molar-refractivity contribution in [3.63, 3.8) is 0 Å². The van der Waals surface area contributed by atoms with Crippen molar-refractivity contribution >= 4 is 33.4 Å². The summed E-state index contributed by atoms with van der Waals surface area (Å²) in [7, 11) is 0. The Morgan fingerprint density at radius 1 is 1.11 bits per heavy atom. The quantitative estimate of drug-likeness (QED) is 0.737. The second-order valence-corrected chi connectivity index (χ2v) is 7.87. The van der Waals surface area contributed by atoms with E-state index in [0.29, 0.717) is 0 Å². The smallest absolute Gasteiger partial charge is 0.241 e. The Balaban J connectivity index is 1.59. The largest absolute Gasteiger partial charge is 0.373 e. The molecule has 1 fully saturated rings. The number of anilines is 1. The van der Waals surface area contributed by atoms with E-state index in [4.69, 9.17) is 4.74 Å². The Hall–Kier alpha value is -2.37. The molecule has 1 aromatic heterocycles. The molecule has 3 atom stereocenters. The van der Waals surface area contributed by atoms with E-state index in [9.17, 15) is 4.79 Å². The zero-order valence-electron chi connectivity index (χ0n) is 17.1. The Morgan fingerprint density at radius 2 is 1.79 bits per heavy atom. The van der Waals surface area contributed by atoms with E-state index in [-0.39, 0.29) is 24.2 Å². The lowest BCUT2D eigenvalue weighted by atomic mass is 10.1. The van der Waals surface area contributed by atoms with Gasteiger partial charge in [0.2, 0.25) is 5.91 Å². The lowest BCUT2D eigenvalue weighted by molar-refractivity contribution is -0.126. The number of benzene rings is 2. The fourth-order valence-corrected chi connectivity index (χ4v) is 4.42. The van der Waals surface area contributed by atoms with Crippen LogP contribution < -0.4 is 5.32 Å². The lowest BCUT2D eigenvalue weighted by Crippen LogP contribution is -2.52. The van der Waals surface area contributed by atoms with Crippen LogP contribution in [0.3, 0.4) is 0 Å². The molecule has 4 rings (SSSR count). The third kappa shape index (κ3) is 3.40. The highest BCUT2D eigenvalue weighted by molar-refractivity contribution is 6.10. The molecular formula is C23H29N3O2.